The molecular weight excluding hydrogens is 326 g/mol. The van der Waals surface area contributed by atoms with Gasteiger partial charge in [0.05, 0.1) is 18.3 Å². The van der Waals surface area contributed by atoms with Crippen LogP contribution in [-0.2, 0) is 6.54 Å². The van der Waals surface area contributed by atoms with Crippen molar-refractivity contribution in [2.24, 2.45) is 0 Å². The third-order valence-electron chi connectivity index (χ3n) is 4.76. The zero-order chi connectivity index (χ0) is 17.9. The van der Waals surface area contributed by atoms with Crippen LogP contribution in [0.3, 0.4) is 0 Å². The van der Waals surface area contributed by atoms with Crippen molar-refractivity contribution in [3.8, 4) is 11.3 Å². The van der Waals surface area contributed by atoms with E-state index in [2.05, 4.69) is 32.2 Å². The fourth-order valence-corrected chi connectivity index (χ4v) is 3.55. The average molecular weight is 349 g/mol. The summed E-state index contributed by atoms with van der Waals surface area (Å²) in [7, 11) is 0. The van der Waals surface area contributed by atoms with E-state index in [-0.39, 0.29) is 6.04 Å². The first-order chi connectivity index (χ1) is 12.7. The summed E-state index contributed by atoms with van der Waals surface area (Å²) < 4.78 is 5.44. The molecule has 134 valence electrons. The van der Waals surface area contributed by atoms with Crippen molar-refractivity contribution in [2.45, 2.75) is 45.7 Å². The highest BCUT2D eigenvalue weighted by molar-refractivity contribution is 5.58. The van der Waals surface area contributed by atoms with Crippen molar-refractivity contribution < 1.29 is 4.52 Å². The quantitative estimate of drug-likeness (QED) is 0.712. The number of aryl methyl sites for hydroxylation is 2. The second-order valence-electron chi connectivity index (χ2n) is 6.84. The first-order valence-corrected chi connectivity index (χ1v) is 9.13. The minimum absolute atomic E-state index is 0.147. The number of rotatable bonds is 4. The third-order valence-corrected chi connectivity index (χ3v) is 4.76. The number of likely N-dealkylation sites (tertiary alicyclic amines) is 1. The van der Waals surface area contributed by atoms with Gasteiger partial charge in [-0.15, -0.1) is 0 Å². The van der Waals surface area contributed by atoms with E-state index in [4.69, 9.17) is 9.51 Å². The summed E-state index contributed by atoms with van der Waals surface area (Å²) >= 11 is 0. The van der Waals surface area contributed by atoms with E-state index in [0.717, 1.165) is 35.7 Å². The molecule has 0 N–H and O–H groups in total. The summed E-state index contributed by atoms with van der Waals surface area (Å²) in [6.07, 6.45) is 3.37. The molecule has 0 spiro atoms. The van der Waals surface area contributed by atoms with E-state index in [1.165, 1.54) is 12.8 Å². The maximum absolute atomic E-state index is 5.44. The predicted octanol–water partition coefficient (Wildman–Crippen LogP) is 3.87. The van der Waals surface area contributed by atoms with Crippen LogP contribution >= 0.6 is 0 Å². The first kappa shape index (κ1) is 16.8. The van der Waals surface area contributed by atoms with E-state index >= 15 is 0 Å². The normalized spacial score (nSPS) is 18.2. The van der Waals surface area contributed by atoms with Crippen LogP contribution in [0.2, 0.25) is 0 Å². The Labute approximate surface area is 153 Å². The summed E-state index contributed by atoms with van der Waals surface area (Å²) in [6.45, 7) is 5.56. The number of piperidine rings is 1. The van der Waals surface area contributed by atoms with Gasteiger partial charge in [-0.3, -0.25) is 4.90 Å². The Morgan fingerprint density at radius 1 is 1.08 bits per heavy atom. The van der Waals surface area contributed by atoms with Gasteiger partial charge in [0.1, 0.15) is 5.82 Å². The molecule has 1 fully saturated rings. The van der Waals surface area contributed by atoms with Gasteiger partial charge in [-0.05, 0) is 39.3 Å². The van der Waals surface area contributed by atoms with Gasteiger partial charge in [0, 0.05) is 11.3 Å². The van der Waals surface area contributed by atoms with Crippen LogP contribution in [0, 0.1) is 13.8 Å². The Balaban J connectivity index is 1.60. The topological polar surface area (TPSA) is 67.9 Å². The van der Waals surface area contributed by atoms with E-state index in [9.17, 15) is 0 Å². The second kappa shape index (κ2) is 7.33. The van der Waals surface area contributed by atoms with E-state index in [0.29, 0.717) is 18.3 Å². The second-order valence-corrected chi connectivity index (χ2v) is 6.84. The largest absolute Gasteiger partial charge is 0.338 e. The molecule has 4 rings (SSSR count). The average Bonchev–Trinajstić information content (AvgIpc) is 3.09. The van der Waals surface area contributed by atoms with Crippen LogP contribution in [0.15, 0.2) is 40.9 Å². The number of hydrogen-bond donors (Lipinski definition) is 0. The van der Waals surface area contributed by atoms with Gasteiger partial charge in [-0.25, -0.2) is 9.97 Å². The molecule has 1 aromatic carbocycles. The van der Waals surface area contributed by atoms with Gasteiger partial charge < -0.3 is 4.52 Å². The van der Waals surface area contributed by atoms with Crippen molar-refractivity contribution in [1.82, 2.24) is 25.0 Å². The molecule has 0 bridgehead atoms. The lowest BCUT2D eigenvalue weighted by Crippen LogP contribution is -2.33. The van der Waals surface area contributed by atoms with Crippen LogP contribution in [0.1, 0.15) is 48.5 Å². The smallest absolute Gasteiger partial charge is 0.243 e. The lowest BCUT2D eigenvalue weighted by Gasteiger charge is -2.32. The molecule has 1 aliphatic rings. The molecule has 26 heavy (non-hydrogen) atoms. The van der Waals surface area contributed by atoms with Crippen molar-refractivity contribution in [1.29, 1.82) is 0 Å². The van der Waals surface area contributed by atoms with Crippen molar-refractivity contribution in [2.75, 3.05) is 6.54 Å². The van der Waals surface area contributed by atoms with Crippen molar-refractivity contribution in [3.05, 3.63) is 59.6 Å². The molecule has 0 saturated carbocycles. The fraction of sp³-hybridized carbons (Fsp3) is 0.400. The fourth-order valence-electron chi connectivity index (χ4n) is 3.55. The summed E-state index contributed by atoms with van der Waals surface area (Å²) in [5.74, 6) is 2.23. The molecule has 1 aliphatic heterocycles. The molecule has 3 aromatic rings. The molecule has 6 heteroatoms. The Morgan fingerprint density at radius 2 is 1.92 bits per heavy atom. The number of hydrogen-bond acceptors (Lipinski definition) is 6. The summed E-state index contributed by atoms with van der Waals surface area (Å²) in [5, 5.41) is 3.96. The highest BCUT2D eigenvalue weighted by atomic mass is 16.5. The van der Waals surface area contributed by atoms with Gasteiger partial charge in [0.25, 0.3) is 0 Å². The maximum Gasteiger partial charge on any atom is 0.243 e. The number of benzene rings is 1. The lowest BCUT2D eigenvalue weighted by atomic mass is 10.0. The van der Waals surface area contributed by atoms with E-state index < -0.39 is 0 Å². The van der Waals surface area contributed by atoms with Crippen LogP contribution in [-0.4, -0.2) is 31.6 Å². The van der Waals surface area contributed by atoms with Crippen LogP contribution in [0.4, 0.5) is 0 Å². The highest BCUT2D eigenvalue weighted by Crippen LogP contribution is 2.31. The molecule has 6 nitrogen and oxygen atoms in total. The van der Waals surface area contributed by atoms with Gasteiger partial charge in [0.15, 0.2) is 5.82 Å². The zero-order valence-corrected chi connectivity index (χ0v) is 15.2. The van der Waals surface area contributed by atoms with Crippen LogP contribution < -0.4 is 0 Å². The highest BCUT2D eigenvalue weighted by Gasteiger charge is 2.29. The minimum atomic E-state index is 0.147. The van der Waals surface area contributed by atoms with Crippen molar-refractivity contribution >= 4 is 0 Å². The standard InChI is InChI=1S/C20H23N5O/c1-14-12-17(16-8-4-3-5-9-16)23-19(21-14)13-25-11-7-6-10-18(25)20-22-15(2)24-26-20/h3-5,8-9,12,18H,6-7,10-11,13H2,1-2H3/t18-/m0/s1. The molecule has 2 aromatic heterocycles. The maximum atomic E-state index is 5.44. The monoisotopic (exact) mass is 349 g/mol. The Kier molecular flexibility index (Phi) is 4.75. The molecule has 1 saturated heterocycles. The van der Waals surface area contributed by atoms with Crippen LogP contribution in [0.5, 0.6) is 0 Å². The van der Waals surface area contributed by atoms with Gasteiger partial charge in [-0.1, -0.05) is 41.9 Å². The SMILES string of the molecule is Cc1cc(-c2ccccc2)nc(CN2CCCC[C@H]2c2nc(C)no2)n1. The Morgan fingerprint density at radius 3 is 2.69 bits per heavy atom. The molecule has 0 aliphatic carbocycles. The third kappa shape index (κ3) is 3.65. The Hall–Kier alpha value is -2.60. The predicted molar refractivity (Wildman–Crippen MR) is 98.2 cm³/mol. The summed E-state index contributed by atoms with van der Waals surface area (Å²) in [4.78, 5) is 16.3. The molecule has 3 heterocycles. The molecular formula is C20H23N5O. The van der Waals surface area contributed by atoms with Gasteiger partial charge in [-0.2, -0.15) is 4.98 Å². The lowest BCUT2D eigenvalue weighted by molar-refractivity contribution is 0.108. The molecule has 1 atom stereocenters. The minimum Gasteiger partial charge on any atom is -0.338 e. The first-order valence-electron chi connectivity index (χ1n) is 9.13. The zero-order valence-electron chi connectivity index (χ0n) is 15.2. The number of aromatic nitrogens is 4. The summed E-state index contributed by atoms with van der Waals surface area (Å²) in [5.41, 5.74) is 3.06. The van der Waals surface area contributed by atoms with E-state index in [1.54, 1.807) is 0 Å². The van der Waals surface area contributed by atoms with Gasteiger partial charge >= 0.3 is 0 Å². The van der Waals surface area contributed by atoms with Crippen LogP contribution in [0.25, 0.3) is 11.3 Å². The molecule has 0 amide bonds. The van der Waals surface area contributed by atoms with Gasteiger partial charge in [0.2, 0.25) is 5.89 Å². The number of nitrogens with zero attached hydrogens (tertiary/aromatic N) is 5. The summed E-state index contributed by atoms with van der Waals surface area (Å²) in [6, 6.07) is 12.4. The van der Waals surface area contributed by atoms with Crippen molar-refractivity contribution in [3.63, 3.8) is 0 Å². The Bertz CT molecular complexity index is 877. The van der Waals surface area contributed by atoms with E-state index in [1.807, 2.05) is 38.1 Å². The molecule has 0 radical (unpaired) electrons. The molecule has 0 unspecified atom stereocenters.